The summed E-state index contributed by atoms with van der Waals surface area (Å²) in [6.45, 7) is 0.703. The molecular weight excluding hydrogens is 274 g/mol. The number of fused-ring (bicyclic) bond motifs is 5. The van der Waals surface area contributed by atoms with Crippen LogP contribution >= 0.6 is 0 Å². The van der Waals surface area contributed by atoms with Gasteiger partial charge >= 0.3 is 6.09 Å². The van der Waals surface area contributed by atoms with Crippen LogP contribution in [0.4, 0.5) is 4.79 Å². The number of ether oxygens (including phenoxy) is 1. The van der Waals surface area contributed by atoms with Gasteiger partial charge in [0, 0.05) is 29.2 Å². The van der Waals surface area contributed by atoms with Crippen molar-refractivity contribution in [2.45, 2.75) is 31.8 Å². The Bertz CT molecular complexity index is 767. The van der Waals surface area contributed by atoms with E-state index in [-0.39, 0.29) is 25.0 Å². The van der Waals surface area contributed by atoms with Crippen molar-refractivity contribution in [2.75, 3.05) is 0 Å². The molecule has 5 N–H and O–H groups in total. The number of nitrogens with zero attached hydrogens (tertiary/aromatic N) is 1. The molecule has 7 heteroatoms. The Kier molecular flexibility index (Phi) is 2.45. The fraction of sp³-hybridized carbons (Fsp3) is 0.357. The van der Waals surface area contributed by atoms with Gasteiger partial charge in [-0.1, -0.05) is 0 Å². The minimum atomic E-state index is -0.840. The van der Waals surface area contributed by atoms with Crippen molar-refractivity contribution in [3.8, 4) is 5.75 Å². The summed E-state index contributed by atoms with van der Waals surface area (Å²) in [5.74, 6) is 0.0821. The van der Waals surface area contributed by atoms with Gasteiger partial charge < -0.3 is 30.6 Å². The molecule has 2 atom stereocenters. The largest absolute Gasteiger partial charge is 0.507 e. The normalized spacial score (nSPS) is 22.1. The number of benzene rings is 1. The first kappa shape index (κ1) is 12.5. The molecule has 21 heavy (non-hydrogen) atoms. The minimum absolute atomic E-state index is 0.0328. The number of aliphatic hydroxyl groups is 1. The Labute approximate surface area is 119 Å². The van der Waals surface area contributed by atoms with Crippen LogP contribution in [0.25, 0.3) is 10.9 Å². The smallest absolute Gasteiger partial charge is 0.404 e. The average Bonchev–Trinajstić information content (AvgIpc) is 3.00. The van der Waals surface area contributed by atoms with E-state index < -0.39 is 6.09 Å². The van der Waals surface area contributed by atoms with Crippen molar-refractivity contribution in [3.05, 3.63) is 29.0 Å². The maximum atomic E-state index is 10.9. The molecule has 0 radical (unpaired) electrons. The zero-order valence-electron chi connectivity index (χ0n) is 11.2. The topological polar surface area (TPSA) is 120 Å². The van der Waals surface area contributed by atoms with Gasteiger partial charge in [0.05, 0.1) is 18.2 Å². The van der Waals surface area contributed by atoms with E-state index in [1.807, 2.05) is 6.07 Å². The van der Waals surface area contributed by atoms with Crippen LogP contribution in [0.3, 0.4) is 0 Å². The molecule has 0 aliphatic carbocycles. The van der Waals surface area contributed by atoms with Crippen LogP contribution in [0.15, 0.2) is 12.1 Å². The summed E-state index contributed by atoms with van der Waals surface area (Å²) in [4.78, 5) is 10.9. The lowest BCUT2D eigenvalue weighted by molar-refractivity contribution is 0.150. The quantitative estimate of drug-likeness (QED) is 0.612. The summed E-state index contributed by atoms with van der Waals surface area (Å²) >= 11 is 0. The maximum Gasteiger partial charge on any atom is 0.404 e. The number of carbonyl (C=O) groups excluding carboxylic acids is 1. The van der Waals surface area contributed by atoms with Crippen LogP contribution < -0.4 is 11.1 Å². The van der Waals surface area contributed by atoms with E-state index in [1.165, 1.54) is 6.07 Å². The third-order valence-corrected chi connectivity index (χ3v) is 4.25. The Morgan fingerprint density at radius 3 is 3.05 bits per heavy atom. The number of aliphatic hydroxyl groups excluding tert-OH is 1. The van der Waals surface area contributed by atoms with Crippen LogP contribution in [-0.2, 0) is 24.5 Å². The number of amides is 1. The van der Waals surface area contributed by atoms with Crippen LogP contribution in [-0.4, -0.2) is 26.9 Å². The molecule has 1 fully saturated rings. The second kappa shape index (κ2) is 4.12. The molecule has 1 aromatic carbocycles. The molecule has 2 aliphatic heterocycles. The van der Waals surface area contributed by atoms with Gasteiger partial charge in [-0.2, -0.15) is 0 Å². The Morgan fingerprint density at radius 1 is 1.52 bits per heavy atom. The molecule has 0 unspecified atom stereocenters. The van der Waals surface area contributed by atoms with Gasteiger partial charge in [-0.25, -0.2) is 4.79 Å². The number of hydrogen-bond acceptors (Lipinski definition) is 5. The molecule has 2 aliphatic rings. The predicted molar refractivity (Wildman–Crippen MR) is 73.6 cm³/mol. The Balaban J connectivity index is 1.93. The van der Waals surface area contributed by atoms with Gasteiger partial charge in [-0.05, 0) is 17.7 Å². The second-order valence-corrected chi connectivity index (χ2v) is 5.50. The molecule has 0 saturated carbocycles. The number of aromatic nitrogens is 1. The molecule has 110 valence electrons. The number of carbonyl (C=O) groups is 1. The molecule has 3 heterocycles. The number of aromatic hydroxyl groups is 1. The van der Waals surface area contributed by atoms with Crippen LogP contribution in [0.2, 0.25) is 0 Å². The highest BCUT2D eigenvalue weighted by atomic mass is 16.5. The molecule has 1 amide bonds. The standard InChI is InChI=1S/C14H15N3O4/c15-14(20)21-5-7-11-9(1-6(4-18)2-10(11)19)17-3-8-12(16-8)13(7)17/h1-2,8,12,16,18-19H,3-5H2,(H2,15,20)/t8-,12-/m0/s1. The van der Waals surface area contributed by atoms with Crippen molar-refractivity contribution < 1.29 is 19.7 Å². The van der Waals surface area contributed by atoms with E-state index in [0.717, 1.165) is 23.3 Å². The fourth-order valence-corrected chi connectivity index (χ4v) is 3.34. The van der Waals surface area contributed by atoms with Crippen LogP contribution in [0, 0.1) is 0 Å². The molecule has 4 rings (SSSR count). The van der Waals surface area contributed by atoms with E-state index >= 15 is 0 Å². The van der Waals surface area contributed by atoms with Crippen molar-refractivity contribution in [1.82, 2.24) is 9.88 Å². The van der Waals surface area contributed by atoms with Crippen molar-refractivity contribution in [1.29, 1.82) is 0 Å². The maximum absolute atomic E-state index is 10.9. The van der Waals surface area contributed by atoms with E-state index in [2.05, 4.69) is 9.88 Å². The summed E-state index contributed by atoms with van der Waals surface area (Å²) in [5.41, 5.74) is 8.36. The molecule has 0 spiro atoms. The lowest BCUT2D eigenvalue weighted by Gasteiger charge is -2.05. The highest BCUT2D eigenvalue weighted by Crippen LogP contribution is 2.47. The summed E-state index contributed by atoms with van der Waals surface area (Å²) < 4.78 is 7.05. The van der Waals surface area contributed by atoms with E-state index in [0.29, 0.717) is 17.0 Å². The van der Waals surface area contributed by atoms with Gasteiger partial charge in [0.25, 0.3) is 0 Å². The minimum Gasteiger partial charge on any atom is -0.507 e. The third-order valence-electron chi connectivity index (χ3n) is 4.25. The third kappa shape index (κ3) is 1.71. The number of phenolic OH excluding ortho intramolecular Hbond substituents is 1. The highest BCUT2D eigenvalue weighted by molar-refractivity contribution is 5.92. The number of rotatable bonds is 3. The monoisotopic (exact) mass is 289 g/mol. The SMILES string of the molecule is NC(=O)OCc1c2n(c3cc(CO)cc(O)c13)C[C@@H]1N[C@H]21. The summed E-state index contributed by atoms with van der Waals surface area (Å²) in [5, 5.41) is 23.6. The fourth-order valence-electron chi connectivity index (χ4n) is 3.34. The van der Waals surface area contributed by atoms with Gasteiger partial charge in [0.1, 0.15) is 12.4 Å². The van der Waals surface area contributed by atoms with E-state index in [4.69, 9.17) is 10.5 Å². The second-order valence-electron chi connectivity index (χ2n) is 5.50. The van der Waals surface area contributed by atoms with Crippen LogP contribution in [0.5, 0.6) is 5.75 Å². The molecular formula is C14H15N3O4. The first-order valence-electron chi connectivity index (χ1n) is 6.76. The highest BCUT2D eigenvalue weighted by Gasteiger charge is 2.48. The van der Waals surface area contributed by atoms with Gasteiger partial charge in [0.15, 0.2) is 0 Å². The van der Waals surface area contributed by atoms with Gasteiger partial charge in [-0.15, -0.1) is 0 Å². The van der Waals surface area contributed by atoms with E-state index in [1.54, 1.807) is 0 Å². The van der Waals surface area contributed by atoms with Crippen molar-refractivity contribution in [2.24, 2.45) is 5.73 Å². The molecule has 1 saturated heterocycles. The van der Waals surface area contributed by atoms with Crippen molar-refractivity contribution >= 4 is 17.0 Å². The number of hydrogen-bond donors (Lipinski definition) is 4. The number of nitrogens with one attached hydrogen (secondary N) is 1. The van der Waals surface area contributed by atoms with E-state index in [9.17, 15) is 15.0 Å². The van der Waals surface area contributed by atoms with Crippen molar-refractivity contribution in [3.63, 3.8) is 0 Å². The lowest BCUT2D eigenvalue weighted by Crippen LogP contribution is -2.13. The molecule has 2 aromatic rings. The number of primary amides is 1. The molecule has 1 aromatic heterocycles. The van der Waals surface area contributed by atoms with Gasteiger partial charge in [-0.3, -0.25) is 0 Å². The zero-order chi connectivity index (χ0) is 14.7. The first-order chi connectivity index (χ1) is 10.1. The van der Waals surface area contributed by atoms with Crippen LogP contribution in [0.1, 0.15) is 22.9 Å². The molecule has 0 bridgehead atoms. The summed E-state index contributed by atoms with van der Waals surface area (Å²) in [7, 11) is 0. The predicted octanol–water partition coefficient (Wildman–Crippen LogP) is 0.461. The Hall–Kier alpha value is -2.25. The van der Waals surface area contributed by atoms with Gasteiger partial charge in [0.2, 0.25) is 0 Å². The zero-order valence-corrected chi connectivity index (χ0v) is 11.2. The lowest BCUT2D eigenvalue weighted by atomic mass is 10.1. The number of phenols is 1. The summed E-state index contributed by atoms with van der Waals surface area (Å²) in [6.07, 6.45) is -0.840. The summed E-state index contributed by atoms with van der Waals surface area (Å²) in [6, 6.07) is 4.03. The Morgan fingerprint density at radius 2 is 2.33 bits per heavy atom. The first-order valence-corrected chi connectivity index (χ1v) is 6.76. The number of nitrogens with two attached hydrogens (primary N) is 1. The average molecular weight is 289 g/mol. The molecule has 7 nitrogen and oxygen atoms in total.